The van der Waals surface area contributed by atoms with E-state index in [9.17, 15) is 14.8 Å². The molecule has 0 aromatic rings. The van der Waals surface area contributed by atoms with Gasteiger partial charge in [-0.1, -0.05) is 39.5 Å². The van der Waals surface area contributed by atoms with Crippen molar-refractivity contribution in [2.75, 3.05) is 0 Å². The van der Waals surface area contributed by atoms with Crippen LogP contribution in [-0.4, -0.2) is 22.9 Å². The number of hydrogen-bond donors (Lipinski definition) is 2. The summed E-state index contributed by atoms with van der Waals surface area (Å²) in [5, 5.41) is 18.7. The van der Waals surface area contributed by atoms with Gasteiger partial charge in [0, 0.05) is 11.8 Å². The molecule has 2 saturated carbocycles. The Kier molecular flexibility index (Phi) is 4.49. The van der Waals surface area contributed by atoms with Gasteiger partial charge in [-0.05, 0) is 30.5 Å². The van der Waals surface area contributed by atoms with Gasteiger partial charge in [-0.2, -0.15) is 0 Å². The summed E-state index contributed by atoms with van der Waals surface area (Å²) in [6.07, 6.45) is 6.19. The highest BCUT2D eigenvalue weighted by Crippen LogP contribution is 2.48. The molecule has 2 rings (SSSR count). The first kappa shape index (κ1) is 14.1. The molecule has 18 heavy (non-hydrogen) atoms. The van der Waals surface area contributed by atoms with Crippen molar-refractivity contribution in [1.29, 1.82) is 0 Å². The highest BCUT2D eigenvalue weighted by Gasteiger charge is 2.43. The van der Waals surface area contributed by atoms with E-state index in [1.165, 1.54) is 6.42 Å². The van der Waals surface area contributed by atoms with Crippen molar-refractivity contribution in [2.45, 2.75) is 58.2 Å². The normalized spacial score (nSPS) is 36.3. The van der Waals surface area contributed by atoms with Crippen LogP contribution in [0.15, 0.2) is 0 Å². The van der Waals surface area contributed by atoms with E-state index < -0.39 is 7.12 Å². The summed E-state index contributed by atoms with van der Waals surface area (Å²) >= 11 is 0. The Balaban J connectivity index is 2.09. The summed E-state index contributed by atoms with van der Waals surface area (Å²) in [5.41, 5.74) is 0. The zero-order chi connectivity index (χ0) is 13.3. The van der Waals surface area contributed by atoms with Gasteiger partial charge in [0.1, 0.15) is 5.78 Å². The van der Waals surface area contributed by atoms with Crippen LogP contribution >= 0.6 is 0 Å². The Hall–Kier alpha value is -0.345. The molecular formula is C14H25BO3. The molecule has 2 N–H and O–H groups in total. The third-order valence-electron chi connectivity index (χ3n) is 5.05. The molecule has 0 aromatic heterocycles. The molecule has 0 amide bonds. The first-order valence-electron chi connectivity index (χ1n) is 7.40. The first-order chi connectivity index (χ1) is 8.50. The molecule has 0 aliphatic heterocycles. The smallest absolute Gasteiger partial charge is 0.427 e. The molecule has 4 atom stereocenters. The fourth-order valence-electron chi connectivity index (χ4n) is 4.02. The van der Waals surface area contributed by atoms with Crippen LogP contribution in [0.25, 0.3) is 0 Å². The van der Waals surface area contributed by atoms with Gasteiger partial charge >= 0.3 is 7.12 Å². The number of Topliss-reactive ketones (excluding diaryl/α,β-unsaturated/α-hetero) is 1. The van der Waals surface area contributed by atoms with Crippen LogP contribution in [0.4, 0.5) is 0 Å². The van der Waals surface area contributed by atoms with Gasteiger partial charge in [-0.3, -0.25) is 4.79 Å². The van der Waals surface area contributed by atoms with Crippen molar-refractivity contribution in [3.05, 3.63) is 0 Å². The van der Waals surface area contributed by atoms with Crippen LogP contribution in [0.1, 0.15) is 52.4 Å². The molecule has 2 fully saturated rings. The van der Waals surface area contributed by atoms with Crippen molar-refractivity contribution < 1.29 is 14.8 Å². The molecule has 0 heterocycles. The Morgan fingerprint density at radius 3 is 2.50 bits per heavy atom. The average molecular weight is 252 g/mol. The van der Waals surface area contributed by atoms with Crippen LogP contribution in [0.5, 0.6) is 0 Å². The van der Waals surface area contributed by atoms with Crippen LogP contribution in [0.3, 0.4) is 0 Å². The minimum absolute atomic E-state index is 0.0215. The van der Waals surface area contributed by atoms with E-state index in [2.05, 4.69) is 0 Å². The second-order valence-electron chi connectivity index (χ2n) is 6.51. The van der Waals surface area contributed by atoms with Crippen LogP contribution in [-0.2, 0) is 4.79 Å². The van der Waals surface area contributed by atoms with Gasteiger partial charge in [-0.15, -0.1) is 0 Å². The zero-order valence-corrected chi connectivity index (χ0v) is 11.5. The summed E-state index contributed by atoms with van der Waals surface area (Å²) in [7, 11) is -1.21. The third-order valence-corrected chi connectivity index (χ3v) is 5.05. The summed E-state index contributed by atoms with van der Waals surface area (Å²) in [6.45, 7) is 3.96. The summed E-state index contributed by atoms with van der Waals surface area (Å²) in [6, 6.07) is 0. The molecule has 0 aromatic carbocycles. The van der Waals surface area contributed by atoms with Crippen molar-refractivity contribution in [3.63, 3.8) is 0 Å². The molecular weight excluding hydrogens is 227 g/mol. The second-order valence-corrected chi connectivity index (χ2v) is 6.51. The minimum atomic E-state index is -1.21. The Morgan fingerprint density at radius 2 is 1.89 bits per heavy atom. The van der Waals surface area contributed by atoms with Crippen LogP contribution < -0.4 is 0 Å². The quantitative estimate of drug-likeness (QED) is 0.757. The lowest BCUT2D eigenvalue weighted by Crippen LogP contribution is -2.40. The fraction of sp³-hybridized carbons (Fsp3) is 0.929. The molecule has 0 saturated heterocycles. The molecule has 4 heteroatoms. The van der Waals surface area contributed by atoms with E-state index in [0.29, 0.717) is 17.6 Å². The highest BCUT2D eigenvalue weighted by atomic mass is 16.4. The van der Waals surface area contributed by atoms with Crippen molar-refractivity contribution >= 4 is 12.9 Å². The zero-order valence-electron chi connectivity index (χ0n) is 11.5. The molecule has 2 aliphatic rings. The lowest BCUT2D eigenvalue weighted by atomic mass is 9.54. The first-order valence-corrected chi connectivity index (χ1v) is 7.40. The van der Waals surface area contributed by atoms with E-state index in [1.807, 2.05) is 13.8 Å². The van der Waals surface area contributed by atoms with E-state index in [-0.39, 0.29) is 17.7 Å². The number of rotatable bonds is 3. The fourth-order valence-corrected chi connectivity index (χ4v) is 4.02. The number of carbonyl (C=O) groups is 1. The molecule has 3 nitrogen and oxygen atoms in total. The van der Waals surface area contributed by atoms with Gasteiger partial charge < -0.3 is 10.0 Å². The predicted octanol–water partition coefficient (Wildman–Crippen LogP) is 2.27. The Labute approximate surface area is 110 Å². The lowest BCUT2D eigenvalue weighted by Gasteiger charge is -2.43. The number of ketones is 1. The summed E-state index contributed by atoms with van der Waals surface area (Å²) in [5.74, 6) is 1.68. The third kappa shape index (κ3) is 2.80. The largest absolute Gasteiger partial charge is 0.454 e. The minimum Gasteiger partial charge on any atom is -0.427 e. The van der Waals surface area contributed by atoms with Crippen LogP contribution in [0.2, 0.25) is 5.82 Å². The summed E-state index contributed by atoms with van der Waals surface area (Å²) in [4.78, 5) is 12.3. The lowest BCUT2D eigenvalue weighted by molar-refractivity contribution is -0.130. The van der Waals surface area contributed by atoms with E-state index >= 15 is 0 Å². The van der Waals surface area contributed by atoms with Crippen molar-refractivity contribution in [3.8, 4) is 0 Å². The molecule has 0 radical (unpaired) electrons. The predicted molar refractivity (Wildman–Crippen MR) is 72.0 cm³/mol. The van der Waals surface area contributed by atoms with Gasteiger partial charge in [0.2, 0.25) is 0 Å². The van der Waals surface area contributed by atoms with Gasteiger partial charge in [0.05, 0.1) is 0 Å². The highest BCUT2D eigenvalue weighted by molar-refractivity contribution is 6.43. The maximum atomic E-state index is 12.3. The Morgan fingerprint density at radius 1 is 1.17 bits per heavy atom. The second kappa shape index (κ2) is 5.75. The van der Waals surface area contributed by atoms with Crippen molar-refractivity contribution in [1.82, 2.24) is 0 Å². The number of hydrogen-bond acceptors (Lipinski definition) is 3. The molecule has 4 unspecified atom stereocenters. The van der Waals surface area contributed by atoms with E-state index in [0.717, 1.165) is 32.1 Å². The van der Waals surface area contributed by atoms with Gasteiger partial charge in [0.15, 0.2) is 0 Å². The maximum Gasteiger partial charge on any atom is 0.454 e. The van der Waals surface area contributed by atoms with E-state index in [4.69, 9.17) is 0 Å². The monoisotopic (exact) mass is 252 g/mol. The van der Waals surface area contributed by atoms with Crippen molar-refractivity contribution in [2.24, 2.45) is 23.7 Å². The number of carbonyl (C=O) groups excluding carboxylic acids is 1. The maximum absolute atomic E-state index is 12.3. The molecule has 0 bridgehead atoms. The van der Waals surface area contributed by atoms with Crippen LogP contribution in [0, 0.1) is 23.7 Å². The SMILES string of the molecule is CC(C)C(=O)C1CCCC2CCC(B(O)O)CC21. The average Bonchev–Trinajstić information content (AvgIpc) is 2.36. The van der Waals surface area contributed by atoms with E-state index in [1.54, 1.807) is 0 Å². The Bertz CT molecular complexity index is 303. The number of fused-ring (bicyclic) bond motifs is 1. The molecule has 2 aliphatic carbocycles. The molecule has 102 valence electrons. The van der Waals surface area contributed by atoms with Gasteiger partial charge in [-0.25, -0.2) is 0 Å². The summed E-state index contributed by atoms with van der Waals surface area (Å²) < 4.78 is 0. The topological polar surface area (TPSA) is 57.5 Å². The standard InChI is InChI=1S/C14H25BO3/c1-9(2)14(16)12-5-3-4-10-6-7-11(15(17)18)8-13(10)12/h9-13,17-18H,3-8H2,1-2H3. The molecule has 0 spiro atoms. The van der Waals surface area contributed by atoms with Gasteiger partial charge in [0.25, 0.3) is 0 Å².